The van der Waals surface area contributed by atoms with Gasteiger partial charge in [0.1, 0.15) is 16.2 Å². The van der Waals surface area contributed by atoms with Crippen molar-refractivity contribution in [3.8, 4) is 11.7 Å². The molecule has 0 N–H and O–H groups in total. The number of hydrogen-bond donors (Lipinski definition) is 0. The number of esters is 1. The van der Waals surface area contributed by atoms with Crippen LogP contribution in [0.25, 0.3) is 11.0 Å². The van der Waals surface area contributed by atoms with Crippen LogP contribution in [-0.2, 0) is 14.6 Å². The SMILES string of the molecule is CCOC(=O)c1ccc2cc(Oc3ccccc3S(C)(=O)=O)oc2c1. The van der Waals surface area contributed by atoms with Crippen LogP contribution in [-0.4, -0.2) is 27.2 Å². The minimum Gasteiger partial charge on any atom is -0.462 e. The number of furan rings is 1. The lowest BCUT2D eigenvalue weighted by Gasteiger charge is -2.06. The molecule has 0 saturated heterocycles. The van der Waals surface area contributed by atoms with E-state index in [2.05, 4.69) is 0 Å². The molecule has 6 nitrogen and oxygen atoms in total. The third-order valence-corrected chi connectivity index (χ3v) is 4.60. The van der Waals surface area contributed by atoms with Gasteiger partial charge in [-0.3, -0.25) is 0 Å². The predicted molar refractivity (Wildman–Crippen MR) is 91.8 cm³/mol. The molecule has 130 valence electrons. The summed E-state index contributed by atoms with van der Waals surface area (Å²) in [6.07, 6.45) is 1.11. The maximum atomic E-state index is 11.8. The number of carbonyl (C=O) groups excluding carboxylic acids is 1. The van der Waals surface area contributed by atoms with Crippen LogP contribution in [0.15, 0.2) is 57.8 Å². The number of benzene rings is 2. The smallest absolute Gasteiger partial charge is 0.338 e. The Balaban J connectivity index is 1.95. The molecule has 0 spiro atoms. The highest BCUT2D eigenvalue weighted by molar-refractivity contribution is 7.90. The van der Waals surface area contributed by atoms with Crippen molar-refractivity contribution in [2.45, 2.75) is 11.8 Å². The zero-order valence-corrected chi connectivity index (χ0v) is 14.5. The van der Waals surface area contributed by atoms with Gasteiger partial charge in [-0.25, -0.2) is 13.2 Å². The van der Waals surface area contributed by atoms with Crippen LogP contribution in [0.5, 0.6) is 11.7 Å². The molecule has 0 unspecified atom stereocenters. The van der Waals surface area contributed by atoms with Crippen molar-refractivity contribution in [3.05, 3.63) is 54.1 Å². The van der Waals surface area contributed by atoms with E-state index in [1.165, 1.54) is 6.07 Å². The van der Waals surface area contributed by atoms with Gasteiger partial charge < -0.3 is 13.9 Å². The highest BCUT2D eigenvalue weighted by atomic mass is 32.2. The Labute approximate surface area is 144 Å². The Morgan fingerprint density at radius 1 is 1.12 bits per heavy atom. The van der Waals surface area contributed by atoms with E-state index in [0.717, 1.165) is 11.6 Å². The van der Waals surface area contributed by atoms with Gasteiger partial charge in [0.15, 0.2) is 9.84 Å². The Morgan fingerprint density at radius 2 is 1.88 bits per heavy atom. The largest absolute Gasteiger partial charge is 0.462 e. The fraction of sp³-hybridized carbons (Fsp3) is 0.167. The van der Waals surface area contributed by atoms with Gasteiger partial charge >= 0.3 is 5.97 Å². The van der Waals surface area contributed by atoms with Crippen molar-refractivity contribution < 1.29 is 27.1 Å². The summed E-state index contributed by atoms with van der Waals surface area (Å²) in [5.74, 6) is -0.132. The molecule has 0 bridgehead atoms. The molecule has 0 fully saturated rings. The average Bonchev–Trinajstić information content (AvgIpc) is 2.95. The molecule has 2 aromatic carbocycles. The summed E-state index contributed by atoms with van der Waals surface area (Å²) in [7, 11) is -3.44. The van der Waals surface area contributed by atoms with Gasteiger partial charge in [-0.05, 0) is 31.2 Å². The van der Waals surface area contributed by atoms with E-state index in [1.807, 2.05) is 0 Å². The van der Waals surface area contributed by atoms with Crippen LogP contribution < -0.4 is 4.74 Å². The zero-order chi connectivity index (χ0) is 18.0. The molecule has 0 amide bonds. The van der Waals surface area contributed by atoms with E-state index in [1.54, 1.807) is 49.4 Å². The zero-order valence-electron chi connectivity index (χ0n) is 13.7. The van der Waals surface area contributed by atoms with E-state index >= 15 is 0 Å². The molecule has 0 aliphatic rings. The fourth-order valence-electron chi connectivity index (χ4n) is 2.35. The fourth-order valence-corrected chi connectivity index (χ4v) is 3.15. The van der Waals surface area contributed by atoms with Crippen molar-refractivity contribution in [3.63, 3.8) is 0 Å². The lowest BCUT2D eigenvalue weighted by Crippen LogP contribution is -2.03. The Kier molecular flexibility index (Phi) is 4.50. The summed E-state index contributed by atoms with van der Waals surface area (Å²) in [6, 6.07) is 12.8. The van der Waals surface area contributed by atoms with Crippen molar-refractivity contribution in [1.82, 2.24) is 0 Å². The molecule has 0 aliphatic heterocycles. The number of para-hydroxylation sites is 1. The third kappa shape index (κ3) is 3.66. The number of ether oxygens (including phenoxy) is 2. The lowest BCUT2D eigenvalue weighted by molar-refractivity contribution is 0.0526. The highest BCUT2D eigenvalue weighted by Crippen LogP contribution is 2.32. The minimum absolute atomic E-state index is 0.0719. The summed E-state index contributed by atoms with van der Waals surface area (Å²) in [5.41, 5.74) is 0.809. The first-order valence-corrected chi connectivity index (χ1v) is 9.45. The van der Waals surface area contributed by atoms with Crippen LogP contribution in [0, 0.1) is 0 Å². The standard InChI is InChI=1S/C18H16O6S/c1-3-22-18(19)13-9-8-12-11-17(24-15(12)10-13)23-14-6-4-5-7-16(14)25(2,20)21/h4-11H,3H2,1-2H3. The topological polar surface area (TPSA) is 82.8 Å². The predicted octanol–water partition coefficient (Wildman–Crippen LogP) is 3.81. The van der Waals surface area contributed by atoms with Crippen LogP contribution in [0.1, 0.15) is 17.3 Å². The van der Waals surface area contributed by atoms with Gasteiger partial charge in [0.05, 0.1) is 12.2 Å². The monoisotopic (exact) mass is 360 g/mol. The van der Waals surface area contributed by atoms with E-state index in [9.17, 15) is 13.2 Å². The van der Waals surface area contributed by atoms with E-state index in [4.69, 9.17) is 13.9 Å². The molecule has 1 aromatic heterocycles. The quantitative estimate of drug-likeness (QED) is 0.644. The minimum atomic E-state index is -3.44. The summed E-state index contributed by atoms with van der Waals surface area (Å²) in [5, 5.41) is 0.722. The van der Waals surface area contributed by atoms with Crippen molar-refractivity contribution in [2.75, 3.05) is 12.9 Å². The van der Waals surface area contributed by atoms with E-state index < -0.39 is 15.8 Å². The highest BCUT2D eigenvalue weighted by Gasteiger charge is 2.16. The number of fused-ring (bicyclic) bond motifs is 1. The molecule has 0 atom stereocenters. The molecule has 0 saturated carbocycles. The van der Waals surface area contributed by atoms with Crippen LogP contribution in [0.3, 0.4) is 0 Å². The molecule has 0 aliphatic carbocycles. The van der Waals surface area contributed by atoms with E-state index in [-0.39, 0.29) is 23.2 Å². The number of rotatable bonds is 5. The summed E-state index contributed by atoms with van der Waals surface area (Å²) in [4.78, 5) is 11.9. The van der Waals surface area contributed by atoms with E-state index in [0.29, 0.717) is 11.1 Å². The first-order valence-electron chi connectivity index (χ1n) is 7.56. The first-order chi connectivity index (χ1) is 11.9. The molecule has 3 rings (SSSR count). The van der Waals surface area contributed by atoms with Crippen molar-refractivity contribution >= 4 is 26.8 Å². The second-order valence-corrected chi connectivity index (χ2v) is 7.34. The van der Waals surface area contributed by atoms with Gasteiger partial charge in [-0.1, -0.05) is 18.2 Å². The Bertz CT molecular complexity index is 1030. The molecule has 0 radical (unpaired) electrons. The van der Waals surface area contributed by atoms with Crippen LogP contribution in [0.4, 0.5) is 0 Å². The number of carbonyl (C=O) groups is 1. The summed E-state index contributed by atoms with van der Waals surface area (Å²) < 4.78 is 39.8. The maximum absolute atomic E-state index is 11.8. The summed E-state index contributed by atoms with van der Waals surface area (Å²) >= 11 is 0. The molecular formula is C18H16O6S. The first kappa shape index (κ1) is 17.0. The maximum Gasteiger partial charge on any atom is 0.338 e. The van der Waals surface area contributed by atoms with Gasteiger partial charge in [-0.2, -0.15) is 0 Å². The van der Waals surface area contributed by atoms with Gasteiger partial charge in [-0.15, -0.1) is 0 Å². The van der Waals surface area contributed by atoms with Gasteiger partial charge in [0.25, 0.3) is 5.95 Å². The average molecular weight is 360 g/mol. The van der Waals surface area contributed by atoms with Gasteiger partial charge in [0, 0.05) is 17.7 Å². The van der Waals surface area contributed by atoms with Crippen molar-refractivity contribution in [1.29, 1.82) is 0 Å². The number of sulfone groups is 1. The van der Waals surface area contributed by atoms with Crippen LogP contribution >= 0.6 is 0 Å². The molecule has 3 aromatic rings. The third-order valence-electron chi connectivity index (χ3n) is 3.47. The summed E-state index contributed by atoms with van der Waals surface area (Å²) in [6.45, 7) is 2.01. The van der Waals surface area contributed by atoms with Crippen LogP contribution in [0.2, 0.25) is 0 Å². The second-order valence-electron chi connectivity index (χ2n) is 5.36. The van der Waals surface area contributed by atoms with Crippen molar-refractivity contribution in [2.24, 2.45) is 0 Å². The number of hydrogen-bond acceptors (Lipinski definition) is 6. The Morgan fingerprint density at radius 3 is 2.60 bits per heavy atom. The molecule has 7 heteroatoms. The molecule has 25 heavy (non-hydrogen) atoms. The normalized spacial score (nSPS) is 11.4. The molecular weight excluding hydrogens is 344 g/mol. The Hall–Kier alpha value is -2.80. The molecule has 1 heterocycles. The van der Waals surface area contributed by atoms with Gasteiger partial charge in [0.2, 0.25) is 0 Å². The second kappa shape index (κ2) is 6.60. The lowest BCUT2D eigenvalue weighted by atomic mass is 10.2.